The van der Waals surface area contributed by atoms with E-state index in [1.165, 1.54) is 0 Å². The number of rotatable bonds is 4. The molecule has 1 heterocycles. The number of carbonyl (C=O) groups is 2. The van der Waals surface area contributed by atoms with Crippen LogP contribution in [-0.4, -0.2) is 24.4 Å². The van der Waals surface area contributed by atoms with Crippen molar-refractivity contribution in [2.45, 2.75) is 25.3 Å². The molecule has 0 aromatic heterocycles. The summed E-state index contributed by atoms with van der Waals surface area (Å²) in [6.07, 6.45) is 1.68. The summed E-state index contributed by atoms with van der Waals surface area (Å²) in [6, 6.07) is 7.27. The van der Waals surface area contributed by atoms with E-state index >= 15 is 0 Å². The standard InChI is InChI=1S/C13H15ClN2O2/c14-10-3-1-9(2-4-10)7-13(18)15-8-11-5-6-12(17)16-11/h1-4,11H,5-8H2,(H,15,18)(H,16,17)/t11-/m0/s1. The Kier molecular flexibility index (Phi) is 4.20. The van der Waals surface area contributed by atoms with E-state index in [4.69, 9.17) is 11.6 Å². The highest BCUT2D eigenvalue weighted by atomic mass is 35.5. The van der Waals surface area contributed by atoms with Crippen LogP contribution in [0.1, 0.15) is 18.4 Å². The van der Waals surface area contributed by atoms with Gasteiger partial charge < -0.3 is 10.6 Å². The van der Waals surface area contributed by atoms with Gasteiger partial charge in [-0.15, -0.1) is 0 Å². The highest BCUT2D eigenvalue weighted by molar-refractivity contribution is 6.30. The first-order valence-corrected chi connectivity index (χ1v) is 6.32. The van der Waals surface area contributed by atoms with Crippen LogP contribution < -0.4 is 10.6 Å². The maximum absolute atomic E-state index is 11.7. The second kappa shape index (κ2) is 5.87. The minimum atomic E-state index is -0.0431. The zero-order valence-corrected chi connectivity index (χ0v) is 10.7. The van der Waals surface area contributed by atoms with Crippen LogP contribution in [-0.2, 0) is 16.0 Å². The molecule has 0 radical (unpaired) electrons. The molecule has 1 fully saturated rings. The van der Waals surface area contributed by atoms with E-state index in [2.05, 4.69) is 10.6 Å². The molecular weight excluding hydrogens is 252 g/mol. The molecule has 2 rings (SSSR count). The molecule has 1 aliphatic rings. The smallest absolute Gasteiger partial charge is 0.224 e. The molecule has 0 aliphatic carbocycles. The fourth-order valence-corrected chi connectivity index (χ4v) is 2.04. The quantitative estimate of drug-likeness (QED) is 0.863. The van der Waals surface area contributed by atoms with Gasteiger partial charge in [-0.3, -0.25) is 9.59 Å². The third-order valence-corrected chi connectivity index (χ3v) is 3.16. The highest BCUT2D eigenvalue weighted by Gasteiger charge is 2.20. The Morgan fingerprint density at radius 3 is 2.72 bits per heavy atom. The minimum Gasteiger partial charge on any atom is -0.354 e. The van der Waals surface area contributed by atoms with E-state index < -0.39 is 0 Å². The van der Waals surface area contributed by atoms with Crippen LogP contribution in [0.15, 0.2) is 24.3 Å². The van der Waals surface area contributed by atoms with Crippen LogP contribution in [0.5, 0.6) is 0 Å². The molecule has 4 nitrogen and oxygen atoms in total. The second-order valence-electron chi connectivity index (χ2n) is 4.41. The van der Waals surface area contributed by atoms with Crippen LogP contribution in [0.25, 0.3) is 0 Å². The molecule has 0 saturated carbocycles. The van der Waals surface area contributed by atoms with E-state index in [0.717, 1.165) is 12.0 Å². The SMILES string of the molecule is O=C(Cc1ccc(Cl)cc1)NC[C@@H]1CCC(=O)N1. The average Bonchev–Trinajstić information content (AvgIpc) is 2.76. The minimum absolute atomic E-state index is 0.0431. The van der Waals surface area contributed by atoms with E-state index in [1.807, 2.05) is 12.1 Å². The van der Waals surface area contributed by atoms with Gasteiger partial charge in [-0.05, 0) is 24.1 Å². The van der Waals surface area contributed by atoms with E-state index in [-0.39, 0.29) is 17.9 Å². The molecule has 0 spiro atoms. The zero-order valence-electron chi connectivity index (χ0n) is 9.91. The van der Waals surface area contributed by atoms with Crippen molar-refractivity contribution in [3.05, 3.63) is 34.9 Å². The van der Waals surface area contributed by atoms with Gasteiger partial charge in [0.05, 0.1) is 6.42 Å². The topological polar surface area (TPSA) is 58.2 Å². The summed E-state index contributed by atoms with van der Waals surface area (Å²) < 4.78 is 0. The summed E-state index contributed by atoms with van der Waals surface area (Å²) in [6.45, 7) is 0.498. The number of benzene rings is 1. The van der Waals surface area contributed by atoms with Gasteiger partial charge in [-0.1, -0.05) is 23.7 Å². The van der Waals surface area contributed by atoms with E-state index in [9.17, 15) is 9.59 Å². The van der Waals surface area contributed by atoms with Crippen molar-refractivity contribution >= 4 is 23.4 Å². The summed E-state index contributed by atoms with van der Waals surface area (Å²) in [5.74, 6) is 0.0189. The zero-order chi connectivity index (χ0) is 13.0. The maximum atomic E-state index is 11.7. The van der Waals surface area contributed by atoms with Crippen LogP contribution in [0.2, 0.25) is 5.02 Å². The predicted molar refractivity (Wildman–Crippen MR) is 69.3 cm³/mol. The predicted octanol–water partition coefficient (Wildman–Crippen LogP) is 1.28. The van der Waals surface area contributed by atoms with Crippen LogP contribution in [0.3, 0.4) is 0 Å². The number of amides is 2. The van der Waals surface area contributed by atoms with Crippen molar-refractivity contribution in [2.24, 2.45) is 0 Å². The third kappa shape index (κ3) is 3.74. The molecule has 0 unspecified atom stereocenters. The van der Waals surface area contributed by atoms with Crippen LogP contribution in [0, 0.1) is 0 Å². The van der Waals surface area contributed by atoms with Crippen molar-refractivity contribution < 1.29 is 9.59 Å². The lowest BCUT2D eigenvalue weighted by molar-refractivity contribution is -0.121. The molecule has 5 heteroatoms. The van der Waals surface area contributed by atoms with Gasteiger partial charge in [0.15, 0.2) is 0 Å². The first-order chi connectivity index (χ1) is 8.63. The van der Waals surface area contributed by atoms with Crippen molar-refractivity contribution in [1.82, 2.24) is 10.6 Å². The fourth-order valence-electron chi connectivity index (χ4n) is 1.92. The van der Waals surface area contributed by atoms with E-state index in [1.54, 1.807) is 12.1 Å². The lowest BCUT2D eigenvalue weighted by Gasteiger charge is -2.11. The van der Waals surface area contributed by atoms with Crippen LogP contribution >= 0.6 is 11.6 Å². The molecule has 1 aromatic carbocycles. The number of nitrogens with one attached hydrogen (secondary N) is 2. The van der Waals surface area contributed by atoms with Gasteiger partial charge >= 0.3 is 0 Å². The number of hydrogen-bond donors (Lipinski definition) is 2. The molecular formula is C13H15ClN2O2. The summed E-state index contributed by atoms with van der Waals surface area (Å²) in [5.41, 5.74) is 0.923. The number of halogens is 1. The van der Waals surface area contributed by atoms with E-state index in [0.29, 0.717) is 24.4 Å². The Labute approximate surface area is 111 Å². The third-order valence-electron chi connectivity index (χ3n) is 2.91. The summed E-state index contributed by atoms with van der Waals surface area (Å²) in [5, 5.41) is 6.29. The van der Waals surface area contributed by atoms with Gasteiger partial charge in [0.1, 0.15) is 0 Å². The molecule has 2 amide bonds. The molecule has 1 atom stereocenters. The second-order valence-corrected chi connectivity index (χ2v) is 4.85. The summed E-state index contributed by atoms with van der Waals surface area (Å²) >= 11 is 5.77. The van der Waals surface area contributed by atoms with Gasteiger partial charge in [0, 0.05) is 24.0 Å². The molecule has 1 saturated heterocycles. The van der Waals surface area contributed by atoms with Crippen LogP contribution in [0.4, 0.5) is 0 Å². The lowest BCUT2D eigenvalue weighted by atomic mass is 10.1. The molecule has 1 aromatic rings. The summed E-state index contributed by atoms with van der Waals surface area (Å²) in [4.78, 5) is 22.7. The monoisotopic (exact) mass is 266 g/mol. The lowest BCUT2D eigenvalue weighted by Crippen LogP contribution is -2.38. The Hall–Kier alpha value is -1.55. The maximum Gasteiger partial charge on any atom is 0.224 e. The molecule has 1 aliphatic heterocycles. The molecule has 0 bridgehead atoms. The van der Waals surface area contributed by atoms with Crippen molar-refractivity contribution in [2.75, 3.05) is 6.54 Å². The molecule has 2 N–H and O–H groups in total. The largest absolute Gasteiger partial charge is 0.354 e. The van der Waals surface area contributed by atoms with Gasteiger partial charge in [-0.2, -0.15) is 0 Å². The normalized spacial score (nSPS) is 18.5. The average molecular weight is 267 g/mol. The Bertz CT molecular complexity index is 445. The Balaban J connectivity index is 1.75. The van der Waals surface area contributed by atoms with Gasteiger partial charge in [0.25, 0.3) is 0 Å². The van der Waals surface area contributed by atoms with Crippen molar-refractivity contribution in [3.63, 3.8) is 0 Å². The first kappa shape index (κ1) is 12.9. The van der Waals surface area contributed by atoms with Gasteiger partial charge in [0.2, 0.25) is 11.8 Å². The van der Waals surface area contributed by atoms with Crippen molar-refractivity contribution in [3.8, 4) is 0 Å². The number of hydrogen-bond acceptors (Lipinski definition) is 2. The van der Waals surface area contributed by atoms with Gasteiger partial charge in [-0.25, -0.2) is 0 Å². The molecule has 96 valence electrons. The highest BCUT2D eigenvalue weighted by Crippen LogP contribution is 2.10. The fraction of sp³-hybridized carbons (Fsp3) is 0.385. The first-order valence-electron chi connectivity index (χ1n) is 5.94. The number of carbonyl (C=O) groups excluding carboxylic acids is 2. The Morgan fingerprint density at radius 2 is 2.11 bits per heavy atom. The summed E-state index contributed by atoms with van der Waals surface area (Å²) in [7, 11) is 0. The Morgan fingerprint density at radius 1 is 1.39 bits per heavy atom. The molecule has 18 heavy (non-hydrogen) atoms. The van der Waals surface area contributed by atoms with Crippen molar-refractivity contribution in [1.29, 1.82) is 0 Å².